The van der Waals surface area contributed by atoms with Crippen LogP contribution in [0, 0.1) is 0 Å². The quantitative estimate of drug-likeness (QED) is 0.556. The van der Waals surface area contributed by atoms with Gasteiger partial charge in [-0.1, -0.05) is 29.8 Å². The summed E-state index contributed by atoms with van der Waals surface area (Å²) < 4.78 is 38.4. The fraction of sp³-hybridized carbons (Fsp3) is 0.190. The minimum Gasteiger partial charge on any atom is -0.350 e. The largest absolute Gasteiger partial charge is 0.416 e. The molecule has 0 saturated carbocycles. The van der Waals surface area contributed by atoms with E-state index < -0.39 is 11.7 Å². The van der Waals surface area contributed by atoms with E-state index in [0.717, 1.165) is 22.9 Å². The summed E-state index contributed by atoms with van der Waals surface area (Å²) in [6, 6.07) is 13.6. The highest BCUT2D eigenvalue weighted by atomic mass is 35.5. The monoisotopic (exact) mass is 391 g/mol. The van der Waals surface area contributed by atoms with Gasteiger partial charge in [0.15, 0.2) is 0 Å². The number of carbonyl (C=O) groups is 1. The molecule has 0 heterocycles. The van der Waals surface area contributed by atoms with E-state index in [-0.39, 0.29) is 11.9 Å². The van der Waals surface area contributed by atoms with Gasteiger partial charge in [-0.15, -0.1) is 0 Å². The van der Waals surface area contributed by atoms with Crippen LogP contribution in [-0.4, -0.2) is 11.9 Å². The van der Waals surface area contributed by atoms with E-state index in [1.165, 1.54) is 12.1 Å². The zero-order valence-corrected chi connectivity index (χ0v) is 15.4. The summed E-state index contributed by atoms with van der Waals surface area (Å²) in [5.41, 5.74) is 1.12. The summed E-state index contributed by atoms with van der Waals surface area (Å²) in [5.74, 6) is -0.192. The van der Waals surface area contributed by atoms with Crippen LogP contribution in [0.15, 0.2) is 54.6 Å². The lowest BCUT2D eigenvalue weighted by atomic mass is 9.96. The number of carbonyl (C=O) groups excluding carboxylic acids is 1. The van der Waals surface area contributed by atoms with Gasteiger partial charge in [-0.2, -0.15) is 13.2 Å². The van der Waals surface area contributed by atoms with Gasteiger partial charge in [0.05, 0.1) is 5.56 Å². The minimum absolute atomic E-state index is 0.00951. The van der Waals surface area contributed by atoms with Crippen molar-refractivity contribution in [2.45, 2.75) is 26.1 Å². The van der Waals surface area contributed by atoms with Crippen molar-refractivity contribution in [3.05, 3.63) is 70.7 Å². The van der Waals surface area contributed by atoms with Gasteiger partial charge in [-0.05, 0) is 72.1 Å². The third-order valence-corrected chi connectivity index (χ3v) is 4.34. The van der Waals surface area contributed by atoms with Gasteiger partial charge in [0.25, 0.3) is 5.91 Å². The third kappa shape index (κ3) is 4.25. The van der Waals surface area contributed by atoms with Gasteiger partial charge in [0.2, 0.25) is 0 Å². The number of rotatable bonds is 3. The van der Waals surface area contributed by atoms with Crippen LogP contribution in [0.2, 0.25) is 5.02 Å². The highest BCUT2D eigenvalue weighted by Gasteiger charge is 2.30. The SMILES string of the molecule is CC(C)NC(=O)c1ccc2c(-c3ccc(C(F)(F)F)cc3)cc(Cl)cc2c1. The van der Waals surface area contributed by atoms with Crippen LogP contribution in [0.3, 0.4) is 0 Å². The molecule has 0 atom stereocenters. The average molecular weight is 392 g/mol. The molecule has 0 spiro atoms. The first-order valence-corrected chi connectivity index (χ1v) is 8.75. The van der Waals surface area contributed by atoms with Crippen LogP contribution in [-0.2, 0) is 6.18 Å². The topological polar surface area (TPSA) is 29.1 Å². The number of alkyl halides is 3. The van der Waals surface area contributed by atoms with E-state index >= 15 is 0 Å². The maximum atomic E-state index is 12.8. The molecule has 0 aliphatic heterocycles. The van der Waals surface area contributed by atoms with Crippen molar-refractivity contribution >= 4 is 28.3 Å². The number of amides is 1. The lowest BCUT2D eigenvalue weighted by Crippen LogP contribution is -2.29. The molecule has 0 aliphatic rings. The molecule has 6 heteroatoms. The Morgan fingerprint density at radius 3 is 2.26 bits per heavy atom. The van der Waals surface area contributed by atoms with Crippen molar-refractivity contribution in [1.29, 1.82) is 0 Å². The van der Waals surface area contributed by atoms with Crippen molar-refractivity contribution < 1.29 is 18.0 Å². The number of hydrogen-bond acceptors (Lipinski definition) is 1. The molecule has 0 aliphatic carbocycles. The van der Waals surface area contributed by atoms with Crippen molar-refractivity contribution in [2.24, 2.45) is 0 Å². The smallest absolute Gasteiger partial charge is 0.350 e. The van der Waals surface area contributed by atoms with Gasteiger partial charge < -0.3 is 5.32 Å². The van der Waals surface area contributed by atoms with Gasteiger partial charge >= 0.3 is 6.18 Å². The minimum atomic E-state index is -4.38. The first kappa shape index (κ1) is 19.2. The lowest BCUT2D eigenvalue weighted by Gasteiger charge is -2.12. The molecule has 140 valence electrons. The number of fused-ring (bicyclic) bond motifs is 1. The fourth-order valence-electron chi connectivity index (χ4n) is 2.90. The van der Waals surface area contributed by atoms with E-state index in [4.69, 9.17) is 11.6 Å². The second-order valence-corrected chi connectivity index (χ2v) is 7.03. The molecule has 27 heavy (non-hydrogen) atoms. The Kier molecular flexibility index (Phi) is 5.16. The fourth-order valence-corrected chi connectivity index (χ4v) is 3.12. The summed E-state index contributed by atoms with van der Waals surface area (Å²) >= 11 is 6.21. The zero-order chi connectivity index (χ0) is 19.8. The highest BCUT2D eigenvalue weighted by Crippen LogP contribution is 2.35. The summed E-state index contributed by atoms with van der Waals surface area (Å²) in [6.07, 6.45) is -4.38. The molecule has 2 nitrogen and oxygen atoms in total. The number of hydrogen-bond donors (Lipinski definition) is 1. The van der Waals surface area contributed by atoms with E-state index in [1.807, 2.05) is 13.8 Å². The number of benzene rings is 3. The molecule has 3 rings (SSSR count). The molecule has 0 fully saturated rings. The van der Waals surface area contributed by atoms with Gasteiger partial charge in [0.1, 0.15) is 0 Å². The second kappa shape index (κ2) is 7.24. The van der Waals surface area contributed by atoms with Crippen molar-refractivity contribution in [2.75, 3.05) is 0 Å². The first-order valence-electron chi connectivity index (χ1n) is 8.37. The number of nitrogens with one attached hydrogen (secondary N) is 1. The molecule has 0 radical (unpaired) electrons. The summed E-state index contributed by atoms with van der Waals surface area (Å²) in [4.78, 5) is 12.2. The zero-order valence-electron chi connectivity index (χ0n) is 14.7. The number of halogens is 4. The predicted octanol–water partition coefficient (Wildman–Crippen LogP) is 6.32. The molecular weight excluding hydrogens is 375 g/mol. The Labute approximate surface area is 160 Å². The Morgan fingerprint density at radius 1 is 1.00 bits per heavy atom. The second-order valence-electron chi connectivity index (χ2n) is 6.59. The van der Waals surface area contributed by atoms with E-state index in [1.54, 1.807) is 30.3 Å². The maximum absolute atomic E-state index is 12.8. The van der Waals surface area contributed by atoms with E-state index in [2.05, 4.69) is 5.32 Å². The van der Waals surface area contributed by atoms with E-state index in [0.29, 0.717) is 21.7 Å². The molecule has 0 unspecified atom stereocenters. The lowest BCUT2D eigenvalue weighted by molar-refractivity contribution is -0.137. The Bertz CT molecular complexity index is 995. The summed E-state index contributed by atoms with van der Waals surface area (Å²) in [5, 5.41) is 4.82. The molecule has 3 aromatic carbocycles. The third-order valence-electron chi connectivity index (χ3n) is 4.12. The molecule has 1 N–H and O–H groups in total. The van der Waals surface area contributed by atoms with Crippen LogP contribution < -0.4 is 5.32 Å². The molecule has 0 saturated heterocycles. The van der Waals surface area contributed by atoms with Crippen LogP contribution in [0.5, 0.6) is 0 Å². The Balaban J connectivity index is 2.07. The normalized spacial score (nSPS) is 11.8. The molecule has 0 aromatic heterocycles. The molecule has 3 aromatic rings. The predicted molar refractivity (Wildman–Crippen MR) is 102 cm³/mol. The van der Waals surface area contributed by atoms with Gasteiger partial charge in [-0.25, -0.2) is 0 Å². The van der Waals surface area contributed by atoms with Gasteiger partial charge in [0, 0.05) is 16.6 Å². The molecular formula is C21H17ClF3NO. The van der Waals surface area contributed by atoms with Gasteiger partial charge in [-0.3, -0.25) is 4.79 Å². The molecule has 1 amide bonds. The van der Waals surface area contributed by atoms with Crippen LogP contribution in [0.4, 0.5) is 13.2 Å². The van der Waals surface area contributed by atoms with Crippen molar-refractivity contribution in [3.63, 3.8) is 0 Å². The average Bonchev–Trinajstić information content (AvgIpc) is 2.59. The van der Waals surface area contributed by atoms with E-state index in [9.17, 15) is 18.0 Å². The molecule has 0 bridgehead atoms. The standard InChI is InChI=1S/C21H17ClF3NO/c1-12(2)26-20(27)14-5-8-18-15(9-14)10-17(22)11-19(18)13-3-6-16(7-4-13)21(23,24)25/h3-12H,1-2H3,(H,26,27). The summed E-state index contributed by atoms with van der Waals surface area (Å²) in [7, 11) is 0. The van der Waals surface area contributed by atoms with Crippen molar-refractivity contribution in [3.8, 4) is 11.1 Å². The van der Waals surface area contributed by atoms with Crippen LogP contribution >= 0.6 is 11.6 Å². The van der Waals surface area contributed by atoms with Crippen LogP contribution in [0.1, 0.15) is 29.8 Å². The summed E-state index contributed by atoms with van der Waals surface area (Å²) in [6.45, 7) is 3.75. The maximum Gasteiger partial charge on any atom is 0.416 e. The first-order chi connectivity index (χ1) is 12.6. The van der Waals surface area contributed by atoms with Crippen molar-refractivity contribution in [1.82, 2.24) is 5.32 Å². The highest BCUT2D eigenvalue weighted by molar-refractivity contribution is 6.32. The van der Waals surface area contributed by atoms with Crippen LogP contribution in [0.25, 0.3) is 21.9 Å². The Hall–Kier alpha value is -2.53. The Morgan fingerprint density at radius 2 is 1.67 bits per heavy atom.